The van der Waals surface area contributed by atoms with Crippen molar-refractivity contribution in [3.63, 3.8) is 0 Å². The Morgan fingerprint density at radius 3 is 2.38 bits per heavy atom. The molecule has 2 rings (SSSR count). The molecule has 0 amide bonds. The van der Waals surface area contributed by atoms with E-state index in [4.69, 9.17) is 9.47 Å². The Kier molecular flexibility index (Phi) is 2.62. The van der Waals surface area contributed by atoms with Gasteiger partial charge in [0.05, 0.1) is 14.2 Å². The van der Waals surface area contributed by atoms with Crippen LogP contribution in [0.4, 0.5) is 0 Å². The van der Waals surface area contributed by atoms with Gasteiger partial charge in [0.1, 0.15) is 0 Å². The largest absolute Gasteiger partial charge is 0.493 e. The minimum absolute atomic E-state index is 0.0592. The molecule has 3 nitrogen and oxygen atoms in total. The van der Waals surface area contributed by atoms with E-state index in [1.165, 1.54) is 5.56 Å². The molecule has 0 bridgehead atoms. The highest BCUT2D eigenvalue weighted by molar-refractivity contribution is 5.85. The summed E-state index contributed by atoms with van der Waals surface area (Å²) in [7, 11) is 3.31. The van der Waals surface area contributed by atoms with Crippen molar-refractivity contribution in [2.75, 3.05) is 20.8 Å². The zero-order valence-corrected chi connectivity index (χ0v) is 10.2. The minimum Gasteiger partial charge on any atom is -0.493 e. The molecular weight excluding hydrogens is 202 g/mol. The van der Waals surface area contributed by atoms with Crippen LogP contribution >= 0.6 is 0 Å². The Morgan fingerprint density at radius 1 is 1.12 bits per heavy atom. The fraction of sp³-hybridized carbons (Fsp3) is 0.462. The Bertz CT molecular complexity index is 436. The number of methoxy groups -OCH3 is 2. The lowest BCUT2D eigenvalue weighted by molar-refractivity contribution is 0.353. The molecule has 1 aromatic carbocycles. The smallest absolute Gasteiger partial charge is 0.161 e. The van der Waals surface area contributed by atoms with E-state index in [1.807, 2.05) is 12.3 Å². The molecule has 0 atom stereocenters. The third-order valence-electron chi connectivity index (χ3n) is 3.00. The van der Waals surface area contributed by atoms with Crippen LogP contribution in [0.3, 0.4) is 0 Å². The van der Waals surface area contributed by atoms with Crippen molar-refractivity contribution in [1.29, 1.82) is 0 Å². The molecule has 86 valence electrons. The maximum atomic E-state index is 5.33. The quantitative estimate of drug-likeness (QED) is 0.764. The molecule has 1 aliphatic rings. The molecular formula is C13H17NO2. The van der Waals surface area contributed by atoms with Gasteiger partial charge < -0.3 is 9.47 Å². The number of hydrogen-bond acceptors (Lipinski definition) is 3. The Hall–Kier alpha value is -1.51. The maximum Gasteiger partial charge on any atom is 0.161 e. The first-order valence-corrected chi connectivity index (χ1v) is 5.35. The summed E-state index contributed by atoms with van der Waals surface area (Å²) in [5, 5.41) is 0. The minimum atomic E-state index is 0.0592. The van der Waals surface area contributed by atoms with Crippen LogP contribution in [0.1, 0.15) is 25.0 Å². The highest BCUT2D eigenvalue weighted by atomic mass is 16.5. The van der Waals surface area contributed by atoms with Gasteiger partial charge in [-0.2, -0.15) is 0 Å². The summed E-state index contributed by atoms with van der Waals surface area (Å²) in [4.78, 5) is 4.38. The third-order valence-corrected chi connectivity index (χ3v) is 3.00. The SMILES string of the molecule is COc1cc2c(cc1OC)C(C)(C)CN=C2. The number of nitrogens with zero attached hydrogens (tertiary/aromatic N) is 1. The van der Waals surface area contributed by atoms with Crippen LogP contribution in [0, 0.1) is 0 Å². The van der Waals surface area contributed by atoms with Gasteiger partial charge in [0.15, 0.2) is 11.5 Å². The molecule has 0 saturated carbocycles. The number of fused-ring (bicyclic) bond motifs is 1. The maximum absolute atomic E-state index is 5.33. The summed E-state index contributed by atoms with van der Waals surface area (Å²) in [6, 6.07) is 4.04. The van der Waals surface area contributed by atoms with Gasteiger partial charge in [-0.3, -0.25) is 4.99 Å². The zero-order valence-electron chi connectivity index (χ0n) is 10.2. The first-order chi connectivity index (χ1) is 7.58. The Labute approximate surface area is 96.1 Å². The van der Waals surface area contributed by atoms with Crippen LogP contribution in [0.2, 0.25) is 0 Å². The summed E-state index contributed by atoms with van der Waals surface area (Å²) in [6.07, 6.45) is 1.91. The summed E-state index contributed by atoms with van der Waals surface area (Å²) in [5.41, 5.74) is 2.44. The molecule has 3 heteroatoms. The van der Waals surface area contributed by atoms with Crippen LogP contribution in [-0.4, -0.2) is 27.0 Å². The standard InChI is InChI=1S/C13H17NO2/c1-13(2)8-14-7-9-5-11(15-3)12(16-4)6-10(9)13/h5-7H,8H2,1-4H3. The molecule has 0 fully saturated rings. The van der Waals surface area contributed by atoms with Gasteiger partial charge in [0.25, 0.3) is 0 Å². The molecule has 0 N–H and O–H groups in total. The third kappa shape index (κ3) is 1.66. The van der Waals surface area contributed by atoms with E-state index in [0.29, 0.717) is 0 Å². The molecule has 0 aliphatic carbocycles. The lowest BCUT2D eigenvalue weighted by atomic mass is 9.80. The molecule has 0 spiro atoms. The number of benzene rings is 1. The molecule has 0 saturated heterocycles. The fourth-order valence-corrected chi connectivity index (χ4v) is 2.05. The van der Waals surface area contributed by atoms with Crippen molar-refractivity contribution < 1.29 is 9.47 Å². The summed E-state index contributed by atoms with van der Waals surface area (Å²) in [6.45, 7) is 5.19. The second-order valence-electron chi connectivity index (χ2n) is 4.65. The van der Waals surface area contributed by atoms with Crippen LogP contribution in [-0.2, 0) is 5.41 Å². The monoisotopic (exact) mass is 219 g/mol. The van der Waals surface area contributed by atoms with E-state index in [1.54, 1.807) is 14.2 Å². The van der Waals surface area contributed by atoms with Crippen LogP contribution < -0.4 is 9.47 Å². The fourth-order valence-electron chi connectivity index (χ4n) is 2.05. The van der Waals surface area contributed by atoms with Crippen molar-refractivity contribution in [2.24, 2.45) is 4.99 Å². The van der Waals surface area contributed by atoms with Gasteiger partial charge in [-0.15, -0.1) is 0 Å². The average molecular weight is 219 g/mol. The van der Waals surface area contributed by atoms with E-state index in [0.717, 1.165) is 23.6 Å². The van der Waals surface area contributed by atoms with E-state index in [-0.39, 0.29) is 5.41 Å². The van der Waals surface area contributed by atoms with Crippen molar-refractivity contribution in [3.8, 4) is 11.5 Å². The van der Waals surface area contributed by atoms with Gasteiger partial charge >= 0.3 is 0 Å². The first-order valence-electron chi connectivity index (χ1n) is 5.35. The molecule has 0 unspecified atom stereocenters. The summed E-state index contributed by atoms with van der Waals surface area (Å²) < 4.78 is 10.6. The predicted molar refractivity (Wildman–Crippen MR) is 65.0 cm³/mol. The van der Waals surface area contributed by atoms with Crippen LogP contribution in [0.25, 0.3) is 0 Å². The van der Waals surface area contributed by atoms with Crippen molar-refractivity contribution in [2.45, 2.75) is 19.3 Å². The normalized spacial score (nSPS) is 16.8. The van der Waals surface area contributed by atoms with Crippen molar-refractivity contribution >= 4 is 6.21 Å². The van der Waals surface area contributed by atoms with Crippen LogP contribution in [0.5, 0.6) is 11.5 Å². The van der Waals surface area contributed by atoms with E-state index >= 15 is 0 Å². The molecule has 0 radical (unpaired) electrons. The second-order valence-corrected chi connectivity index (χ2v) is 4.65. The van der Waals surface area contributed by atoms with Gasteiger partial charge in [-0.05, 0) is 17.7 Å². The number of rotatable bonds is 2. The van der Waals surface area contributed by atoms with E-state index in [2.05, 4.69) is 24.9 Å². The zero-order chi connectivity index (χ0) is 11.8. The van der Waals surface area contributed by atoms with Gasteiger partial charge in [-0.1, -0.05) is 13.8 Å². The van der Waals surface area contributed by atoms with E-state index in [9.17, 15) is 0 Å². The van der Waals surface area contributed by atoms with E-state index < -0.39 is 0 Å². The lowest BCUT2D eigenvalue weighted by Gasteiger charge is -2.29. The van der Waals surface area contributed by atoms with Gasteiger partial charge in [0.2, 0.25) is 0 Å². The highest BCUT2D eigenvalue weighted by Gasteiger charge is 2.27. The van der Waals surface area contributed by atoms with Crippen molar-refractivity contribution in [1.82, 2.24) is 0 Å². The summed E-state index contributed by atoms with van der Waals surface area (Å²) in [5.74, 6) is 1.54. The Morgan fingerprint density at radius 2 is 1.75 bits per heavy atom. The molecule has 16 heavy (non-hydrogen) atoms. The lowest BCUT2D eigenvalue weighted by Crippen LogP contribution is -2.26. The molecule has 1 aliphatic heterocycles. The highest BCUT2D eigenvalue weighted by Crippen LogP contribution is 2.37. The average Bonchev–Trinajstić information content (AvgIpc) is 2.27. The molecule has 1 aromatic rings. The topological polar surface area (TPSA) is 30.8 Å². The van der Waals surface area contributed by atoms with Gasteiger partial charge in [0, 0.05) is 23.7 Å². The number of hydrogen-bond donors (Lipinski definition) is 0. The summed E-state index contributed by atoms with van der Waals surface area (Å²) >= 11 is 0. The van der Waals surface area contributed by atoms with Gasteiger partial charge in [-0.25, -0.2) is 0 Å². The number of aliphatic imine (C=N–C) groups is 1. The predicted octanol–water partition coefficient (Wildman–Crippen LogP) is 2.41. The molecule has 1 heterocycles. The number of ether oxygens (including phenoxy) is 2. The first kappa shape index (κ1) is 11.0. The molecule has 0 aromatic heterocycles. The van der Waals surface area contributed by atoms with Crippen molar-refractivity contribution in [3.05, 3.63) is 23.3 Å². The Balaban J connectivity index is 2.61. The van der Waals surface area contributed by atoms with Crippen LogP contribution in [0.15, 0.2) is 17.1 Å². The second kappa shape index (κ2) is 3.81.